The van der Waals surface area contributed by atoms with Crippen LogP contribution in [0.25, 0.3) is 0 Å². The predicted molar refractivity (Wildman–Crippen MR) is 139 cm³/mol. The third-order valence-corrected chi connectivity index (χ3v) is 7.10. The van der Waals surface area contributed by atoms with Crippen molar-refractivity contribution in [3.63, 3.8) is 0 Å². The summed E-state index contributed by atoms with van der Waals surface area (Å²) in [4.78, 5) is 2.34. The molecule has 1 fully saturated rings. The van der Waals surface area contributed by atoms with E-state index in [4.69, 9.17) is 32.7 Å². The highest BCUT2D eigenvalue weighted by Crippen LogP contribution is 2.36. The predicted octanol–water partition coefficient (Wildman–Crippen LogP) is 5.26. The van der Waals surface area contributed by atoms with E-state index in [9.17, 15) is 10.2 Å². The maximum absolute atomic E-state index is 10.4. The van der Waals surface area contributed by atoms with Gasteiger partial charge in [-0.1, -0.05) is 56.5 Å². The minimum atomic E-state index is -0.731. The summed E-state index contributed by atoms with van der Waals surface area (Å²) in [6.07, 6.45) is 3.77. The number of aliphatic hydroxyl groups is 2. The van der Waals surface area contributed by atoms with Crippen molar-refractivity contribution < 1.29 is 19.7 Å². The molecule has 0 bridgehead atoms. The van der Waals surface area contributed by atoms with Crippen LogP contribution in [0.4, 0.5) is 0 Å². The van der Waals surface area contributed by atoms with Crippen LogP contribution < -0.4 is 9.47 Å². The van der Waals surface area contributed by atoms with Crippen LogP contribution in [0.1, 0.15) is 50.7 Å². The number of benzene rings is 2. The quantitative estimate of drug-likeness (QED) is 0.404. The van der Waals surface area contributed by atoms with Gasteiger partial charge in [-0.3, -0.25) is 0 Å². The van der Waals surface area contributed by atoms with Crippen molar-refractivity contribution in [2.75, 3.05) is 38.7 Å². The molecule has 2 aromatic rings. The lowest BCUT2D eigenvalue weighted by atomic mass is 9.78. The zero-order valence-corrected chi connectivity index (χ0v) is 21.7. The molecule has 1 saturated heterocycles. The van der Waals surface area contributed by atoms with Gasteiger partial charge in [0, 0.05) is 12.0 Å². The Labute approximate surface area is 213 Å². The van der Waals surface area contributed by atoms with E-state index in [2.05, 4.69) is 18.7 Å². The Morgan fingerprint density at radius 2 is 1.50 bits per heavy atom. The van der Waals surface area contributed by atoms with Gasteiger partial charge in [0.05, 0.1) is 10.9 Å². The van der Waals surface area contributed by atoms with E-state index in [1.165, 1.54) is 25.7 Å². The number of aliphatic hydroxyl groups excluding tert-OH is 2. The third kappa shape index (κ3) is 7.76. The van der Waals surface area contributed by atoms with Crippen LogP contribution in [-0.4, -0.2) is 66.0 Å². The Hall–Kier alpha value is -1.50. The summed E-state index contributed by atoms with van der Waals surface area (Å²) in [6, 6.07) is 13.7. The molecule has 0 saturated carbocycles. The SMILES string of the molecule is CC(C)(c1ccc(OC[C@H](O)CN2CCCCCC2)cc1)c1ccc(OC[C@H](O)CCl)c(Cl)c1. The maximum Gasteiger partial charge on any atom is 0.138 e. The summed E-state index contributed by atoms with van der Waals surface area (Å²) in [6.45, 7) is 7.44. The van der Waals surface area contributed by atoms with Gasteiger partial charge in [-0.15, -0.1) is 11.6 Å². The molecule has 0 unspecified atom stereocenters. The van der Waals surface area contributed by atoms with Crippen molar-refractivity contribution in [3.8, 4) is 11.5 Å². The molecule has 0 spiro atoms. The van der Waals surface area contributed by atoms with Crippen molar-refractivity contribution in [1.82, 2.24) is 4.90 Å². The molecule has 0 aliphatic carbocycles. The second-order valence-electron chi connectivity index (χ2n) is 9.59. The molecular formula is C27H37Cl2NO4. The van der Waals surface area contributed by atoms with Gasteiger partial charge in [-0.2, -0.15) is 0 Å². The van der Waals surface area contributed by atoms with Crippen LogP contribution in [0, 0.1) is 0 Å². The fourth-order valence-corrected chi connectivity index (χ4v) is 4.56. The van der Waals surface area contributed by atoms with Crippen LogP contribution in [-0.2, 0) is 5.41 Å². The molecule has 2 atom stereocenters. The Bertz CT molecular complexity index is 883. The molecule has 0 radical (unpaired) electrons. The molecule has 5 nitrogen and oxygen atoms in total. The van der Waals surface area contributed by atoms with Gasteiger partial charge in [0.2, 0.25) is 0 Å². The summed E-state index contributed by atoms with van der Waals surface area (Å²) in [7, 11) is 0. The summed E-state index contributed by atoms with van der Waals surface area (Å²) >= 11 is 12.1. The first-order valence-corrected chi connectivity index (χ1v) is 13.0. The summed E-state index contributed by atoms with van der Waals surface area (Å²) in [5, 5.41) is 20.5. The van der Waals surface area contributed by atoms with Crippen LogP contribution in [0.2, 0.25) is 5.02 Å². The molecule has 1 aliphatic rings. The monoisotopic (exact) mass is 509 g/mol. The number of likely N-dealkylation sites (tertiary alicyclic amines) is 1. The number of nitrogens with zero attached hydrogens (tertiary/aromatic N) is 1. The molecular weight excluding hydrogens is 473 g/mol. The van der Waals surface area contributed by atoms with E-state index in [1.807, 2.05) is 42.5 Å². The summed E-state index contributed by atoms with van der Waals surface area (Å²) in [5.74, 6) is 1.38. The second kappa shape index (κ2) is 13.0. The summed E-state index contributed by atoms with van der Waals surface area (Å²) < 4.78 is 11.4. The Morgan fingerprint density at radius 3 is 2.12 bits per heavy atom. The van der Waals surface area contributed by atoms with E-state index < -0.39 is 12.2 Å². The van der Waals surface area contributed by atoms with Gasteiger partial charge in [-0.25, -0.2) is 0 Å². The maximum atomic E-state index is 10.4. The second-order valence-corrected chi connectivity index (χ2v) is 10.3. The lowest BCUT2D eigenvalue weighted by molar-refractivity contribution is 0.0693. The zero-order chi connectivity index (χ0) is 24.6. The van der Waals surface area contributed by atoms with E-state index in [0.29, 0.717) is 17.3 Å². The van der Waals surface area contributed by atoms with Gasteiger partial charge < -0.3 is 24.6 Å². The van der Waals surface area contributed by atoms with Gasteiger partial charge >= 0.3 is 0 Å². The molecule has 1 heterocycles. The minimum Gasteiger partial charge on any atom is -0.491 e. The third-order valence-electron chi connectivity index (χ3n) is 6.45. The van der Waals surface area contributed by atoms with E-state index in [-0.39, 0.29) is 24.5 Å². The van der Waals surface area contributed by atoms with Gasteiger partial charge in [0.1, 0.15) is 36.9 Å². The molecule has 3 rings (SSSR count). The number of alkyl halides is 1. The molecule has 1 aliphatic heterocycles. The first-order valence-electron chi connectivity index (χ1n) is 12.1. The topological polar surface area (TPSA) is 62.2 Å². The molecule has 2 aromatic carbocycles. The standard InChI is InChI=1S/C27H37Cl2NO4/c1-27(2,21-9-12-26(25(29)15-21)34-18-22(31)16-28)20-7-10-24(11-8-20)33-19-23(32)17-30-13-5-3-4-6-14-30/h7-12,15,22-23,31-32H,3-6,13-14,16-19H2,1-2H3/t22-,23-/m1/s1. The average Bonchev–Trinajstić information content (AvgIpc) is 3.10. The first-order chi connectivity index (χ1) is 16.3. The normalized spacial score (nSPS) is 17.1. The van der Waals surface area contributed by atoms with Crippen LogP contribution >= 0.6 is 23.2 Å². The van der Waals surface area contributed by atoms with Gasteiger partial charge in [0.25, 0.3) is 0 Å². The highest BCUT2D eigenvalue weighted by molar-refractivity contribution is 6.32. The molecule has 2 N–H and O–H groups in total. The molecule has 0 amide bonds. The van der Waals surface area contributed by atoms with Crippen LogP contribution in [0.3, 0.4) is 0 Å². The lowest BCUT2D eigenvalue weighted by Gasteiger charge is -2.27. The number of halogens is 2. The van der Waals surface area contributed by atoms with Crippen LogP contribution in [0.5, 0.6) is 11.5 Å². The van der Waals surface area contributed by atoms with E-state index >= 15 is 0 Å². The van der Waals surface area contributed by atoms with Gasteiger partial charge in [-0.05, 0) is 61.3 Å². The fourth-order valence-electron chi connectivity index (χ4n) is 4.23. The van der Waals surface area contributed by atoms with E-state index in [0.717, 1.165) is 30.0 Å². The Kier molecular flexibility index (Phi) is 10.3. The minimum absolute atomic E-state index is 0.0974. The zero-order valence-electron chi connectivity index (χ0n) is 20.2. The number of ether oxygens (including phenoxy) is 2. The number of hydrogen-bond acceptors (Lipinski definition) is 5. The number of β-amino-alcohol motifs (C(OH)–C–C–N with tert-alkyl or cyclic N) is 1. The Morgan fingerprint density at radius 1 is 0.882 bits per heavy atom. The highest BCUT2D eigenvalue weighted by Gasteiger charge is 2.24. The molecule has 0 aromatic heterocycles. The fraction of sp³-hybridized carbons (Fsp3) is 0.556. The van der Waals surface area contributed by atoms with Gasteiger partial charge in [0.15, 0.2) is 0 Å². The lowest BCUT2D eigenvalue weighted by Crippen LogP contribution is -2.36. The largest absolute Gasteiger partial charge is 0.491 e. The van der Waals surface area contributed by atoms with Crippen molar-refractivity contribution in [2.24, 2.45) is 0 Å². The highest BCUT2D eigenvalue weighted by atomic mass is 35.5. The average molecular weight is 511 g/mol. The molecule has 7 heteroatoms. The number of rotatable bonds is 11. The van der Waals surface area contributed by atoms with Crippen molar-refractivity contribution in [2.45, 2.75) is 57.2 Å². The van der Waals surface area contributed by atoms with Crippen LogP contribution in [0.15, 0.2) is 42.5 Å². The van der Waals surface area contributed by atoms with Crippen molar-refractivity contribution in [1.29, 1.82) is 0 Å². The number of hydrogen-bond donors (Lipinski definition) is 2. The summed E-state index contributed by atoms with van der Waals surface area (Å²) in [5.41, 5.74) is 1.87. The first kappa shape index (κ1) is 27.1. The molecule has 34 heavy (non-hydrogen) atoms. The van der Waals surface area contributed by atoms with Crippen molar-refractivity contribution in [3.05, 3.63) is 58.6 Å². The Balaban J connectivity index is 1.56. The molecule has 188 valence electrons. The smallest absolute Gasteiger partial charge is 0.138 e. The van der Waals surface area contributed by atoms with E-state index in [1.54, 1.807) is 0 Å². The van der Waals surface area contributed by atoms with Crippen molar-refractivity contribution >= 4 is 23.2 Å².